The summed E-state index contributed by atoms with van der Waals surface area (Å²) in [5.74, 6) is 1.53. The Labute approximate surface area is 163 Å². The van der Waals surface area contributed by atoms with E-state index < -0.39 is 0 Å². The van der Waals surface area contributed by atoms with Crippen molar-refractivity contribution in [3.63, 3.8) is 0 Å². The molecule has 0 atom stereocenters. The van der Waals surface area contributed by atoms with Crippen molar-refractivity contribution in [3.05, 3.63) is 71.4 Å². The van der Waals surface area contributed by atoms with Gasteiger partial charge in [-0.2, -0.15) is 0 Å². The third kappa shape index (κ3) is 4.76. The predicted octanol–water partition coefficient (Wildman–Crippen LogP) is 3.48. The summed E-state index contributed by atoms with van der Waals surface area (Å²) in [5.41, 5.74) is 3.13. The van der Waals surface area contributed by atoms with Crippen LogP contribution in [0.25, 0.3) is 0 Å². The van der Waals surface area contributed by atoms with Gasteiger partial charge in [-0.15, -0.1) is 10.2 Å². The zero-order valence-electron chi connectivity index (χ0n) is 16.0. The van der Waals surface area contributed by atoms with Gasteiger partial charge in [-0.1, -0.05) is 29.8 Å². The molecule has 7 nitrogen and oxygen atoms in total. The minimum Gasteiger partial charge on any atom is -0.497 e. The molecule has 7 heteroatoms. The Morgan fingerprint density at radius 2 is 1.75 bits per heavy atom. The molecule has 1 aromatic heterocycles. The first-order valence-corrected chi connectivity index (χ1v) is 8.75. The van der Waals surface area contributed by atoms with E-state index in [1.165, 1.54) is 5.56 Å². The fourth-order valence-corrected chi connectivity index (χ4v) is 2.55. The predicted molar refractivity (Wildman–Crippen MR) is 107 cm³/mol. The number of ether oxygens (including phenoxy) is 2. The van der Waals surface area contributed by atoms with Crippen LogP contribution in [0.3, 0.4) is 0 Å². The number of rotatable bonds is 7. The van der Waals surface area contributed by atoms with Crippen LogP contribution >= 0.6 is 0 Å². The standard InChI is InChI=1S/C21H22N4O3/c1-14-4-6-15(7-5-14)13-22-21(26)17-9-11-20(25-24-17)23-18-12-16(27-2)8-10-19(18)28-3/h4-12H,13H2,1-3H3,(H,22,26)(H,23,25). The maximum absolute atomic E-state index is 12.3. The van der Waals surface area contributed by atoms with Gasteiger partial charge in [0.25, 0.3) is 5.91 Å². The van der Waals surface area contributed by atoms with E-state index in [4.69, 9.17) is 9.47 Å². The molecule has 0 aliphatic carbocycles. The van der Waals surface area contributed by atoms with Gasteiger partial charge in [-0.05, 0) is 36.8 Å². The Hall–Kier alpha value is -3.61. The third-order valence-electron chi connectivity index (χ3n) is 4.14. The van der Waals surface area contributed by atoms with Crippen molar-refractivity contribution in [1.29, 1.82) is 0 Å². The van der Waals surface area contributed by atoms with Gasteiger partial charge in [0, 0.05) is 12.6 Å². The minimum atomic E-state index is -0.279. The number of carbonyl (C=O) groups is 1. The summed E-state index contributed by atoms with van der Waals surface area (Å²) in [7, 11) is 3.18. The van der Waals surface area contributed by atoms with E-state index in [2.05, 4.69) is 20.8 Å². The van der Waals surface area contributed by atoms with Gasteiger partial charge in [-0.3, -0.25) is 4.79 Å². The lowest BCUT2D eigenvalue weighted by Crippen LogP contribution is -2.24. The van der Waals surface area contributed by atoms with Crippen molar-refractivity contribution in [1.82, 2.24) is 15.5 Å². The Morgan fingerprint density at radius 3 is 2.39 bits per heavy atom. The molecule has 2 N–H and O–H groups in total. The first kappa shape index (κ1) is 19.2. The molecule has 0 saturated carbocycles. The topological polar surface area (TPSA) is 85.4 Å². The molecule has 2 aromatic carbocycles. The van der Waals surface area contributed by atoms with E-state index in [0.717, 1.165) is 5.56 Å². The zero-order chi connectivity index (χ0) is 19.9. The number of nitrogens with one attached hydrogen (secondary N) is 2. The van der Waals surface area contributed by atoms with E-state index in [-0.39, 0.29) is 11.6 Å². The zero-order valence-corrected chi connectivity index (χ0v) is 16.0. The highest BCUT2D eigenvalue weighted by molar-refractivity contribution is 5.92. The van der Waals surface area contributed by atoms with Crippen molar-refractivity contribution in [2.75, 3.05) is 19.5 Å². The van der Waals surface area contributed by atoms with Crippen molar-refractivity contribution < 1.29 is 14.3 Å². The Morgan fingerprint density at radius 1 is 0.964 bits per heavy atom. The van der Waals surface area contributed by atoms with Crippen LogP contribution < -0.4 is 20.1 Å². The van der Waals surface area contributed by atoms with Crippen LogP contribution in [0.5, 0.6) is 11.5 Å². The molecule has 0 fully saturated rings. The lowest BCUT2D eigenvalue weighted by molar-refractivity contribution is 0.0945. The monoisotopic (exact) mass is 378 g/mol. The van der Waals surface area contributed by atoms with Crippen molar-refractivity contribution in [2.45, 2.75) is 13.5 Å². The summed E-state index contributed by atoms with van der Waals surface area (Å²) >= 11 is 0. The number of aromatic nitrogens is 2. The van der Waals surface area contributed by atoms with Crippen LogP contribution in [0, 0.1) is 6.92 Å². The highest BCUT2D eigenvalue weighted by Crippen LogP contribution is 2.30. The van der Waals surface area contributed by atoms with Gasteiger partial charge in [-0.25, -0.2) is 0 Å². The fraction of sp³-hybridized carbons (Fsp3) is 0.190. The number of methoxy groups -OCH3 is 2. The molecular formula is C21H22N4O3. The van der Waals surface area contributed by atoms with E-state index in [0.29, 0.717) is 29.5 Å². The number of nitrogens with zero attached hydrogens (tertiary/aromatic N) is 2. The van der Waals surface area contributed by atoms with Crippen LogP contribution in [-0.2, 0) is 6.54 Å². The normalized spacial score (nSPS) is 10.2. The molecule has 1 heterocycles. The number of amides is 1. The lowest BCUT2D eigenvalue weighted by Gasteiger charge is -2.12. The summed E-state index contributed by atoms with van der Waals surface area (Å²) in [6, 6.07) is 16.7. The first-order valence-electron chi connectivity index (χ1n) is 8.75. The quantitative estimate of drug-likeness (QED) is 0.655. The Balaban J connectivity index is 1.64. The second kappa shape index (κ2) is 8.85. The lowest BCUT2D eigenvalue weighted by atomic mass is 10.1. The van der Waals surface area contributed by atoms with E-state index in [1.807, 2.05) is 31.2 Å². The molecular weight excluding hydrogens is 356 g/mol. The smallest absolute Gasteiger partial charge is 0.272 e. The largest absolute Gasteiger partial charge is 0.497 e. The van der Waals surface area contributed by atoms with Gasteiger partial charge in [0.1, 0.15) is 11.5 Å². The number of aryl methyl sites for hydroxylation is 1. The molecule has 0 aliphatic heterocycles. The molecule has 0 radical (unpaired) electrons. The Kier molecular flexibility index (Phi) is 6.06. The maximum atomic E-state index is 12.3. The van der Waals surface area contributed by atoms with Gasteiger partial charge in [0.05, 0.1) is 19.9 Å². The number of anilines is 2. The van der Waals surface area contributed by atoms with E-state index in [9.17, 15) is 4.79 Å². The molecule has 144 valence electrons. The SMILES string of the molecule is COc1ccc(OC)c(Nc2ccc(C(=O)NCc3ccc(C)cc3)nn2)c1. The van der Waals surface area contributed by atoms with Gasteiger partial charge in [0.2, 0.25) is 0 Å². The Bertz CT molecular complexity index is 941. The molecule has 3 aromatic rings. The van der Waals surface area contributed by atoms with E-state index in [1.54, 1.807) is 44.6 Å². The van der Waals surface area contributed by atoms with Gasteiger partial charge >= 0.3 is 0 Å². The minimum absolute atomic E-state index is 0.246. The number of carbonyl (C=O) groups excluding carboxylic acids is 1. The van der Waals surface area contributed by atoms with Crippen LogP contribution in [0.2, 0.25) is 0 Å². The molecule has 0 bridgehead atoms. The second-order valence-corrected chi connectivity index (χ2v) is 6.16. The molecule has 0 saturated heterocycles. The maximum Gasteiger partial charge on any atom is 0.272 e. The fourth-order valence-electron chi connectivity index (χ4n) is 2.55. The molecule has 1 amide bonds. The van der Waals surface area contributed by atoms with Crippen molar-refractivity contribution in [3.8, 4) is 11.5 Å². The summed E-state index contributed by atoms with van der Waals surface area (Å²) in [4.78, 5) is 12.3. The van der Waals surface area contributed by atoms with E-state index >= 15 is 0 Å². The van der Waals surface area contributed by atoms with Gasteiger partial charge in [0.15, 0.2) is 11.5 Å². The highest BCUT2D eigenvalue weighted by Gasteiger charge is 2.10. The van der Waals surface area contributed by atoms with Crippen molar-refractivity contribution >= 4 is 17.4 Å². The molecule has 0 unspecified atom stereocenters. The molecule has 0 aliphatic rings. The number of hydrogen-bond acceptors (Lipinski definition) is 6. The van der Waals surface area contributed by atoms with Crippen LogP contribution in [0.15, 0.2) is 54.6 Å². The van der Waals surface area contributed by atoms with Gasteiger partial charge < -0.3 is 20.1 Å². The van der Waals surface area contributed by atoms with Crippen LogP contribution in [-0.4, -0.2) is 30.3 Å². The highest BCUT2D eigenvalue weighted by atomic mass is 16.5. The van der Waals surface area contributed by atoms with Crippen LogP contribution in [0.4, 0.5) is 11.5 Å². The summed E-state index contributed by atoms with van der Waals surface area (Å²) in [5, 5.41) is 14.0. The number of benzene rings is 2. The molecule has 0 spiro atoms. The average Bonchev–Trinajstić information content (AvgIpc) is 2.73. The summed E-state index contributed by atoms with van der Waals surface area (Å²) < 4.78 is 10.6. The van der Waals surface area contributed by atoms with Crippen molar-refractivity contribution in [2.24, 2.45) is 0 Å². The third-order valence-corrected chi connectivity index (χ3v) is 4.14. The first-order chi connectivity index (χ1) is 13.6. The summed E-state index contributed by atoms with van der Waals surface area (Å²) in [6.07, 6.45) is 0. The molecule has 28 heavy (non-hydrogen) atoms. The average molecular weight is 378 g/mol. The number of hydrogen-bond donors (Lipinski definition) is 2. The summed E-state index contributed by atoms with van der Waals surface area (Å²) in [6.45, 7) is 2.45. The second-order valence-electron chi connectivity index (χ2n) is 6.16. The molecule has 3 rings (SSSR count). The van der Waals surface area contributed by atoms with Crippen LogP contribution in [0.1, 0.15) is 21.6 Å².